The number of hydrogen-bond donors (Lipinski definition) is 0. The Labute approximate surface area is 112 Å². The molecule has 0 bridgehead atoms. The predicted octanol–water partition coefficient (Wildman–Crippen LogP) is 3.80. The van der Waals surface area contributed by atoms with Crippen molar-refractivity contribution in [1.29, 1.82) is 0 Å². The summed E-state index contributed by atoms with van der Waals surface area (Å²) in [5, 5.41) is 0. The number of aryl methyl sites for hydroxylation is 2. The molecule has 0 N–H and O–H groups in total. The van der Waals surface area contributed by atoms with E-state index >= 15 is 0 Å². The third-order valence-electron chi connectivity index (χ3n) is 2.83. The molecular weight excluding hydrogens is 240 g/mol. The topological polar surface area (TPSA) is 39.4 Å². The number of methoxy groups -OCH3 is 1. The third-order valence-corrected chi connectivity index (χ3v) is 2.83. The van der Waals surface area contributed by atoms with Crippen LogP contribution in [0.25, 0.3) is 6.08 Å². The number of hydrogen-bond acceptors (Lipinski definition) is 3. The van der Waals surface area contributed by atoms with Gasteiger partial charge >= 0.3 is 0 Å². The quantitative estimate of drug-likeness (QED) is 0.617. The van der Waals surface area contributed by atoms with E-state index in [9.17, 15) is 4.79 Å². The molecule has 19 heavy (non-hydrogen) atoms. The highest BCUT2D eigenvalue weighted by molar-refractivity contribution is 6.07. The third kappa shape index (κ3) is 3.13. The lowest BCUT2D eigenvalue weighted by Gasteiger charge is -1.99. The molecule has 0 aliphatic heterocycles. The minimum absolute atomic E-state index is 0.0582. The monoisotopic (exact) mass is 256 g/mol. The zero-order valence-corrected chi connectivity index (χ0v) is 11.3. The van der Waals surface area contributed by atoms with Gasteiger partial charge in [-0.1, -0.05) is 18.2 Å². The fraction of sp³-hybridized carbons (Fsp3) is 0.188. The van der Waals surface area contributed by atoms with E-state index in [1.54, 1.807) is 32.3 Å². The number of allylic oxidation sites excluding steroid dienone is 1. The maximum Gasteiger partial charge on any atom is 0.189 e. The van der Waals surface area contributed by atoms with Crippen molar-refractivity contribution in [2.45, 2.75) is 13.8 Å². The van der Waals surface area contributed by atoms with Crippen LogP contribution in [0.4, 0.5) is 0 Å². The number of benzene rings is 1. The first kappa shape index (κ1) is 13.1. The van der Waals surface area contributed by atoms with E-state index in [0.717, 1.165) is 17.1 Å². The fourth-order valence-corrected chi connectivity index (χ4v) is 1.88. The molecule has 0 radical (unpaired) electrons. The van der Waals surface area contributed by atoms with Gasteiger partial charge in [0.15, 0.2) is 5.78 Å². The van der Waals surface area contributed by atoms with Gasteiger partial charge in [-0.3, -0.25) is 4.79 Å². The summed E-state index contributed by atoms with van der Waals surface area (Å²) in [6, 6.07) is 9.30. The lowest BCUT2D eigenvalue weighted by Crippen LogP contribution is -1.93. The van der Waals surface area contributed by atoms with E-state index in [1.165, 1.54) is 0 Å². The predicted molar refractivity (Wildman–Crippen MR) is 74.5 cm³/mol. The van der Waals surface area contributed by atoms with Crippen LogP contribution in [0.15, 0.2) is 40.8 Å². The van der Waals surface area contributed by atoms with Gasteiger partial charge in [-0.2, -0.15) is 0 Å². The molecule has 3 nitrogen and oxygen atoms in total. The van der Waals surface area contributed by atoms with Crippen LogP contribution in [0, 0.1) is 13.8 Å². The van der Waals surface area contributed by atoms with Crippen molar-refractivity contribution < 1.29 is 13.9 Å². The van der Waals surface area contributed by atoms with Gasteiger partial charge in [-0.05, 0) is 43.7 Å². The van der Waals surface area contributed by atoms with E-state index in [2.05, 4.69) is 0 Å². The Morgan fingerprint density at radius 3 is 2.68 bits per heavy atom. The van der Waals surface area contributed by atoms with E-state index in [4.69, 9.17) is 9.15 Å². The van der Waals surface area contributed by atoms with Crippen LogP contribution >= 0.6 is 0 Å². The summed E-state index contributed by atoms with van der Waals surface area (Å²) in [5.41, 5.74) is 1.53. The molecule has 1 heterocycles. The first-order valence-electron chi connectivity index (χ1n) is 6.03. The number of ketones is 1. The molecule has 2 aromatic rings. The molecule has 2 rings (SSSR count). The Morgan fingerprint density at radius 1 is 1.26 bits per heavy atom. The van der Waals surface area contributed by atoms with Gasteiger partial charge in [-0.15, -0.1) is 0 Å². The zero-order chi connectivity index (χ0) is 13.8. The van der Waals surface area contributed by atoms with Crippen LogP contribution in [0.1, 0.15) is 27.4 Å². The summed E-state index contributed by atoms with van der Waals surface area (Å²) < 4.78 is 10.5. The highest BCUT2D eigenvalue weighted by atomic mass is 16.5. The van der Waals surface area contributed by atoms with Crippen LogP contribution in [0.3, 0.4) is 0 Å². The summed E-state index contributed by atoms with van der Waals surface area (Å²) in [4.78, 5) is 12.0. The second kappa shape index (κ2) is 5.57. The van der Waals surface area contributed by atoms with Crippen LogP contribution < -0.4 is 4.74 Å². The largest absolute Gasteiger partial charge is 0.497 e. The normalized spacial score (nSPS) is 10.9. The molecule has 0 saturated heterocycles. The Morgan fingerprint density at radius 2 is 2.05 bits per heavy atom. The van der Waals surface area contributed by atoms with Gasteiger partial charge in [-0.25, -0.2) is 0 Å². The standard InChI is InChI=1S/C16H16O3/c1-11-9-15(12(2)19-11)16(17)8-7-13-5-4-6-14(10-13)18-3/h4-10H,1-3H3/b8-7+. The van der Waals surface area contributed by atoms with Gasteiger partial charge in [0.2, 0.25) is 0 Å². The second-order valence-electron chi connectivity index (χ2n) is 4.30. The van der Waals surface area contributed by atoms with Gasteiger partial charge in [0, 0.05) is 0 Å². The molecule has 3 heteroatoms. The molecule has 1 aromatic carbocycles. The molecular formula is C16H16O3. The number of rotatable bonds is 4. The van der Waals surface area contributed by atoms with Crippen molar-refractivity contribution >= 4 is 11.9 Å². The van der Waals surface area contributed by atoms with Crippen LogP contribution in [0.5, 0.6) is 5.75 Å². The minimum atomic E-state index is -0.0582. The molecule has 0 unspecified atom stereocenters. The molecule has 0 saturated carbocycles. The summed E-state index contributed by atoms with van der Waals surface area (Å²) in [5.74, 6) is 2.11. The second-order valence-corrected chi connectivity index (χ2v) is 4.30. The molecule has 98 valence electrons. The van der Waals surface area contributed by atoms with Crippen LogP contribution in [-0.4, -0.2) is 12.9 Å². The average Bonchev–Trinajstić information content (AvgIpc) is 2.75. The molecule has 0 atom stereocenters. The highest BCUT2D eigenvalue weighted by Gasteiger charge is 2.10. The van der Waals surface area contributed by atoms with Crippen LogP contribution in [0.2, 0.25) is 0 Å². The number of carbonyl (C=O) groups excluding carboxylic acids is 1. The van der Waals surface area contributed by atoms with Crippen molar-refractivity contribution in [2.24, 2.45) is 0 Å². The first-order valence-corrected chi connectivity index (χ1v) is 6.03. The van der Waals surface area contributed by atoms with E-state index in [0.29, 0.717) is 11.3 Å². The van der Waals surface area contributed by atoms with Crippen molar-refractivity contribution in [3.05, 3.63) is 59.1 Å². The van der Waals surface area contributed by atoms with Gasteiger partial charge < -0.3 is 9.15 Å². The van der Waals surface area contributed by atoms with Crippen LogP contribution in [-0.2, 0) is 0 Å². The van der Waals surface area contributed by atoms with Gasteiger partial charge in [0.25, 0.3) is 0 Å². The Kier molecular flexibility index (Phi) is 3.85. The number of furan rings is 1. The van der Waals surface area contributed by atoms with E-state index < -0.39 is 0 Å². The number of carbonyl (C=O) groups is 1. The van der Waals surface area contributed by atoms with Crippen molar-refractivity contribution in [1.82, 2.24) is 0 Å². The molecule has 1 aromatic heterocycles. The zero-order valence-electron chi connectivity index (χ0n) is 11.3. The highest BCUT2D eigenvalue weighted by Crippen LogP contribution is 2.17. The maximum absolute atomic E-state index is 12.0. The average molecular weight is 256 g/mol. The molecule has 0 fully saturated rings. The maximum atomic E-state index is 12.0. The van der Waals surface area contributed by atoms with Crippen molar-refractivity contribution in [2.75, 3.05) is 7.11 Å². The lowest BCUT2D eigenvalue weighted by atomic mass is 10.1. The molecule has 0 aliphatic carbocycles. The Balaban J connectivity index is 2.18. The Bertz CT molecular complexity index is 621. The summed E-state index contributed by atoms with van der Waals surface area (Å²) in [7, 11) is 1.62. The molecule has 0 aliphatic rings. The number of ether oxygens (including phenoxy) is 1. The molecule has 0 spiro atoms. The molecule has 0 amide bonds. The fourth-order valence-electron chi connectivity index (χ4n) is 1.88. The summed E-state index contributed by atoms with van der Waals surface area (Å²) >= 11 is 0. The van der Waals surface area contributed by atoms with Gasteiger partial charge in [0.05, 0.1) is 12.7 Å². The SMILES string of the molecule is COc1cccc(/C=C/C(=O)c2cc(C)oc2C)c1. The Hall–Kier alpha value is -2.29. The van der Waals surface area contributed by atoms with Crippen molar-refractivity contribution in [3.8, 4) is 5.75 Å². The minimum Gasteiger partial charge on any atom is -0.497 e. The van der Waals surface area contributed by atoms with Gasteiger partial charge in [0.1, 0.15) is 17.3 Å². The lowest BCUT2D eigenvalue weighted by molar-refractivity contribution is 0.104. The van der Waals surface area contributed by atoms with E-state index in [1.807, 2.05) is 31.2 Å². The van der Waals surface area contributed by atoms with E-state index in [-0.39, 0.29) is 5.78 Å². The van der Waals surface area contributed by atoms with Crippen molar-refractivity contribution in [3.63, 3.8) is 0 Å². The first-order chi connectivity index (χ1) is 9.10. The summed E-state index contributed by atoms with van der Waals surface area (Å²) in [6.07, 6.45) is 3.32. The smallest absolute Gasteiger partial charge is 0.189 e. The summed E-state index contributed by atoms with van der Waals surface area (Å²) in [6.45, 7) is 3.62.